The van der Waals surface area contributed by atoms with Crippen LogP contribution in [0.2, 0.25) is 0 Å². The first-order valence-corrected chi connectivity index (χ1v) is 8.09. The molecule has 0 saturated heterocycles. The molecule has 3 rings (SSSR count). The van der Waals surface area contributed by atoms with Crippen molar-refractivity contribution in [3.8, 4) is 0 Å². The fourth-order valence-electron chi connectivity index (χ4n) is 4.01. The van der Waals surface area contributed by atoms with Crippen molar-refractivity contribution < 1.29 is 4.79 Å². The third-order valence-corrected chi connectivity index (χ3v) is 5.47. The average molecular weight is 287 g/mol. The molecule has 2 aliphatic rings. The second-order valence-electron chi connectivity index (χ2n) is 7.34. The lowest BCUT2D eigenvalue weighted by Crippen LogP contribution is -2.45. The molecular formula is C17H25N3O. The first-order valence-electron chi connectivity index (χ1n) is 8.09. The maximum absolute atomic E-state index is 12.6. The summed E-state index contributed by atoms with van der Waals surface area (Å²) in [4.78, 5) is 21.0. The Balaban J connectivity index is 1.64. The van der Waals surface area contributed by atoms with Crippen molar-refractivity contribution in [3.05, 3.63) is 24.3 Å². The fourth-order valence-corrected chi connectivity index (χ4v) is 4.01. The Morgan fingerprint density at radius 2 is 2.05 bits per heavy atom. The van der Waals surface area contributed by atoms with Crippen molar-refractivity contribution in [2.75, 3.05) is 0 Å². The van der Waals surface area contributed by atoms with Crippen LogP contribution >= 0.6 is 0 Å². The summed E-state index contributed by atoms with van der Waals surface area (Å²) in [6.45, 7) is 3.85. The van der Waals surface area contributed by atoms with E-state index >= 15 is 0 Å². The van der Waals surface area contributed by atoms with E-state index in [1.165, 1.54) is 32.1 Å². The molecule has 114 valence electrons. The molecule has 2 aliphatic carbocycles. The van der Waals surface area contributed by atoms with Gasteiger partial charge >= 0.3 is 0 Å². The van der Waals surface area contributed by atoms with Gasteiger partial charge < -0.3 is 5.32 Å². The summed E-state index contributed by atoms with van der Waals surface area (Å²) >= 11 is 0. The third kappa shape index (κ3) is 2.81. The molecule has 1 N–H and O–H groups in total. The zero-order valence-corrected chi connectivity index (χ0v) is 13.1. The summed E-state index contributed by atoms with van der Waals surface area (Å²) in [5, 5.41) is 3.26. The zero-order valence-electron chi connectivity index (χ0n) is 13.1. The maximum Gasteiger partial charge on any atom is 0.231 e. The maximum atomic E-state index is 12.6. The summed E-state index contributed by atoms with van der Waals surface area (Å²) in [7, 11) is 0. The van der Waals surface area contributed by atoms with Crippen LogP contribution in [0.15, 0.2) is 18.6 Å². The van der Waals surface area contributed by atoms with Crippen LogP contribution in [0, 0.1) is 5.41 Å². The van der Waals surface area contributed by atoms with E-state index in [0.29, 0.717) is 11.5 Å². The van der Waals surface area contributed by atoms with Gasteiger partial charge in [-0.1, -0.05) is 12.8 Å². The number of carbonyl (C=O) groups excluding carboxylic acids is 1. The van der Waals surface area contributed by atoms with Crippen LogP contribution in [-0.4, -0.2) is 21.9 Å². The van der Waals surface area contributed by atoms with Crippen molar-refractivity contribution in [1.29, 1.82) is 0 Å². The number of nitrogens with zero attached hydrogens (tertiary/aromatic N) is 2. The number of carbonyl (C=O) groups is 1. The molecular weight excluding hydrogens is 262 g/mol. The average Bonchev–Trinajstić information content (AvgIpc) is 3.10. The molecule has 0 radical (unpaired) electrons. The molecule has 1 amide bonds. The SMILES string of the molecule is CC(C)(C(=O)NC1CCC2(CCCC2)C1)c1cnccn1. The van der Waals surface area contributed by atoms with Gasteiger partial charge in [-0.2, -0.15) is 0 Å². The predicted octanol–water partition coefficient (Wildman–Crippen LogP) is 2.98. The van der Waals surface area contributed by atoms with Gasteiger partial charge in [0, 0.05) is 24.6 Å². The summed E-state index contributed by atoms with van der Waals surface area (Å²) < 4.78 is 0. The second-order valence-corrected chi connectivity index (χ2v) is 7.34. The van der Waals surface area contributed by atoms with E-state index in [2.05, 4.69) is 15.3 Å². The van der Waals surface area contributed by atoms with Gasteiger partial charge in [0.25, 0.3) is 0 Å². The number of nitrogens with one attached hydrogen (secondary N) is 1. The molecule has 1 aromatic rings. The smallest absolute Gasteiger partial charge is 0.231 e. The van der Waals surface area contributed by atoms with E-state index in [1.807, 2.05) is 13.8 Å². The number of rotatable bonds is 3. The highest BCUT2D eigenvalue weighted by Gasteiger charge is 2.42. The Hall–Kier alpha value is -1.45. The van der Waals surface area contributed by atoms with Crippen molar-refractivity contribution in [2.45, 2.75) is 70.3 Å². The topological polar surface area (TPSA) is 54.9 Å². The highest BCUT2D eigenvalue weighted by molar-refractivity contribution is 5.86. The Bertz CT molecular complexity index is 506. The third-order valence-electron chi connectivity index (χ3n) is 5.47. The molecule has 1 unspecified atom stereocenters. The van der Waals surface area contributed by atoms with Gasteiger partial charge in [0.2, 0.25) is 5.91 Å². The van der Waals surface area contributed by atoms with Gasteiger partial charge in [0.05, 0.1) is 11.1 Å². The summed E-state index contributed by atoms with van der Waals surface area (Å²) in [6, 6.07) is 0.339. The second kappa shape index (κ2) is 5.39. The van der Waals surface area contributed by atoms with Crippen LogP contribution in [0.3, 0.4) is 0 Å². The molecule has 1 aromatic heterocycles. The van der Waals surface area contributed by atoms with Gasteiger partial charge in [0.1, 0.15) is 0 Å². The standard InChI is InChI=1S/C17H25N3O/c1-16(2,14-12-18-9-10-19-14)15(21)20-13-5-8-17(11-13)6-3-4-7-17/h9-10,12-13H,3-8,11H2,1-2H3,(H,20,21). The molecule has 1 atom stereocenters. The van der Waals surface area contributed by atoms with Crippen LogP contribution in [0.1, 0.15) is 64.5 Å². The van der Waals surface area contributed by atoms with E-state index < -0.39 is 5.41 Å². The van der Waals surface area contributed by atoms with Crippen LogP contribution < -0.4 is 5.32 Å². The molecule has 21 heavy (non-hydrogen) atoms. The molecule has 0 aromatic carbocycles. The van der Waals surface area contributed by atoms with Gasteiger partial charge in [-0.15, -0.1) is 0 Å². The first-order chi connectivity index (χ1) is 10.0. The minimum absolute atomic E-state index is 0.0723. The minimum atomic E-state index is -0.625. The number of aromatic nitrogens is 2. The molecule has 2 fully saturated rings. The largest absolute Gasteiger partial charge is 0.353 e. The minimum Gasteiger partial charge on any atom is -0.353 e. The number of amides is 1. The van der Waals surface area contributed by atoms with Crippen LogP contribution in [-0.2, 0) is 10.2 Å². The fraction of sp³-hybridized carbons (Fsp3) is 0.706. The zero-order chi connectivity index (χ0) is 14.9. The molecule has 0 bridgehead atoms. The lowest BCUT2D eigenvalue weighted by molar-refractivity contribution is -0.126. The molecule has 0 aliphatic heterocycles. The Morgan fingerprint density at radius 3 is 2.71 bits per heavy atom. The lowest BCUT2D eigenvalue weighted by atomic mass is 9.84. The van der Waals surface area contributed by atoms with E-state index in [0.717, 1.165) is 18.5 Å². The van der Waals surface area contributed by atoms with Gasteiger partial charge in [-0.05, 0) is 51.4 Å². The van der Waals surface area contributed by atoms with Crippen LogP contribution in [0.4, 0.5) is 0 Å². The molecule has 4 heteroatoms. The highest BCUT2D eigenvalue weighted by atomic mass is 16.2. The normalized spacial score (nSPS) is 24.4. The van der Waals surface area contributed by atoms with Crippen molar-refractivity contribution in [3.63, 3.8) is 0 Å². The van der Waals surface area contributed by atoms with Crippen molar-refractivity contribution >= 4 is 5.91 Å². The Morgan fingerprint density at radius 1 is 1.29 bits per heavy atom. The van der Waals surface area contributed by atoms with E-state index in [4.69, 9.17) is 0 Å². The highest BCUT2D eigenvalue weighted by Crippen LogP contribution is 2.50. The van der Waals surface area contributed by atoms with Gasteiger partial charge in [-0.3, -0.25) is 14.8 Å². The number of hydrogen-bond acceptors (Lipinski definition) is 3. The summed E-state index contributed by atoms with van der Waals surface area (Å²) in [6.07, 6.45) is 14.0. The molecule has 2 saturated carbocycles. The monoisotopic (exact) mass is 287 g/mol. The van der Waals surface area contributed by atoms with Crippen LogP contribution in [0.5, 0.6) is 0 Å². The number of hydrogen-bond donors (Lipinski definition) is 1. The van der Waals surface area contributed by atoms with E-state index in [9.17, 15) is 4.79 Å². The molecule has 4 nitrogen and oxygen atoms in total. The summed E-state index contributed by atoms with van der Waals surface area (Å²) in [5.41, 5.74) is 0.644. The lowest BCUT2D eigenvalue weighted by Gasteiger charge is -2.26. The van der Waals surface area contributed by atoms with E-state index in [-0.39, 0.29) is 5.91 Å². The predicted molar refractivity (Wildman–Crippen MR) is 81.7 cm³/mol. The molecule has 1 spiro atoms. The van der Waals surface area contributed by atoms with Crippen molar-refractivity contribution in [2.24, 2.45) is 5.41 Å². The Kier molecular flexibility index (Phi) is 3.72. The van der Waals surface area contributed by atoms with Gasteiger partial charge in [0.15, 0.2) is 0 Å². The summed E-state index contributed by atoms with van der Waals surface area (Å²) in [5.74, 6) is 0.0723. The van der Waals surface area contributed by atoms with Gasteiger partial charge in [-0.25, -0.2) is 0 Å². The first kappa shape index (κ1) is 14.5. The Labute approximate surface area is 126 Å². The van der Waals surface area contributed by atoms with E-state index in [1.54, 1.807) is 18.6 Å². The van der Waals surface area contributed by atoms with Crippen molar-refractivity contribution in [1.82, 2.24) is 15.3 Å². The quantitative estimate of drug-likeness (QED) is 0.930. The molecule has 1 heterocycles. The van der Waals surface area contributed by atoms with Crippen LogP contribution in [0.25, 0.3) is 0 Å².